The van der Waals surface area contributed by atoms with Crippen LogP contribution in [0.1, 0.15) is 27.2 Å². The average Bonchev–Trinajstić information content (AvgIpc) is 2.07. The van der Waals surface area contributed by atoms with Crippen molar-refractivity contribution in [3.8, 4) is 0 Å². The summed E-state index contributed by atoms with van der Waals surface area (Å²) in [6, 6.07) is 0. The van der Waals surface area contributed by atoms with E-state index in [0.29, 0.717) is 0 Å². The standard InChI is InChI=1S/C12H26N2O2/c1-12(2,3)6-7-14(10-11(15)16)9-8-13(4)5/h6-10H2,1-5H3,(H,15,16). The smallest absolute Gasteiger partial charge is 0.317 e. The molecule has 0 radical (unpaired) electrons. The largest absolute Gasteiger partial charge is 0.480 e. The molecule has 0 aromatic carbocycles. The first kappa shape index (κ1) is 15.4. The van der Waals surface area contributed by atoms with Crippen LogP contribution in [-0.2, 0) is 4.79 Å². The lowest BCUT2D eigenvalue weighted by Crippen LogP contribution is -2.37. The fourth-order valence-electron chi connectivity index (χ4n) is 1.30. The maximum absolute atomic E-state index is 10.7. The van der Waals surface area contributed by atoms with E-state index < -0.39 is 5.97 Å². The lowest BCUT2D eigenvalue weighted by molar-refractivity contribution is -0.138. The van der Waals surface area contributed by atoms with Gasteiger partial charge in [0.2, 0.25) is 0 Å². The molecule has 0 fully saturated rings. The molecule has 0 saturated carbocycles. The molecule has 0 heterocycles. The van der Waals surface area contributed by atoms with Gasteiger partial charge < -0.3 is 10.0 Å². The minimum absolute atomic E-state index is 0.143. The minimum atomic E-state index is -0.743. The van der Waals surface area contributed by atoms with Gasteiger partial charge in [0.15, 0.2) is 0 Å². The SMILES string of the molecule is CN(C)CCN(CCC(C)(C)C)CC(=O)O. The second kappa shape index (κ2) is 6.86. The van der Waals surface area contributed by atoms with Gasteiger partial charge in [-0.15, -0.1) is 0 Å². The first-order valence-electron chi connectivity index (χ1n) is 5.79. The predicted octanol–water partition coefficient (Wildman–Crippen LogP) is 1.37. The van der Waals surface area contributed by atoms with Gasteiger partial charge in [-0.05, 0) is 32.5 Å². The predicted molar refractivity (Wildman–Crippen MR) is 66.7 cm³/mol. The van der Waals surface area contributed by atoms with Crippen molar-refractivity contribution in [3.63, 3.8) is 0 Å². The van der Waals surface area contributed by atoms with Crippen LogP contribution >= 0.6 is 0 Å². The van der Waals surface area contributed by atoms with Crippen molar-refractivity contribution >= 4 is 5.97 Å². The van der Waals surface area contributed by atoms with Crippen LogP contribution in [-0.4, -0.2) is 61.2 Å². The molecule has 0 saturated heterocycles. The Morgan fingerprint density at radius 2 is 1.69 bits per heavy atom. The van der Waals surface area contributed by atoms with Crippen LogP contribution in [0.3, 0.4) is 0 Å². The maximum atomic E-state index is 10.7. The third-order valence-electron chi connectivity index (χ3n) is 2.40. The summed E-state index contributed by atoms with van der Waals surface area (Å²) in [5.41, 5.74) is 0.259. The third-order valence-corrected chi connectivity index (χ3v) is 2.40. The maximum Gasteiger partial charge on any atom is 0.317 e. The first-order valence-corrected chi connectivity index (χ1v) is 5.79. The number of hydrogen-bond acceptors (Lipinski definition) is 3. The fraction of sp³-hybridized carbons (Fsp3) is 0.917. The quantitative estimate of drug-likeness (QED) is 0.717. The van der Waals surface area contributed by atoms with Gasteiger partial charge in [0, 0.05) is 13.1 Å². The minimum Gasteiger partial charge on any atom is -0.480 e. The zero-order valence-corrected chi connectivity index (χ0v) is 11.3. The van der Waals surface area contributed by atoms with Gasteiger partial charge in [-0.1, -0.05) is 20.8 Å². The molecular weight excluding hydrogens is 204 g/mol. The summed E-state index contributed by atoms with van der Waals surface area (Å²) in [6.07, 6.45) is 1.02. The van der Waals surface area contributed by atoms with Crippen LogP contribution in [0.5, 0.6) is 0 Å². The Kier molecular flexibility index (Phi) is 6.60. The summed E-state index contributed by atoms with van der Waals surface area (Å²) in [6.45, 7) is 9.24. The molecule has 4 heteroatoms. The van der Waals surface area contributed by atoms with Crippen LogP contribution in [0, 0.1) is 5.41 Å². The van der Waals surface area contributed by atoms with E-state index in [1.165, 1.54) is 0 Å². The Morgan fingerprint density at radius 3 is 2.06 bits per heavy atom. The lowest BCUT2D eigenvalue weighted by Gasteiger charge is -2.26. The Hall–Kier alpha value is -0.610. The molecule has 0 rings (SSSR count). The number of carboxylic acid groups (broad SMARTS) is 1. The normalized spacial score (nSPS) is 12.4. The molecule has 4 nitrogen and oxygen atoms in total. The molecule has 16 heavy (non-hydrogen) atoms. The number of carboxylic acids is 1. The van der Waals surface area contributed by atoms with Gasteiger partial charge in [0.05, 0.1) is 6.54 Å². The van der Waals surface area contributed by atoms with Gasteiger partial charge in [-0.3, -0.25) is 9.69 Å². The van der Waals surface area contributed by atoms with E-state index in [-0.39, 0.29) is 12.0 Å². The molecule has 0 amide bonds. The van der Waals surface area contributed by atoms with Gasteiger partial charge in [-0.25, -0.2) is 0 Å². The molecule has 0 atom stereocenters. The molecule has 0 aliphatic rings. The van der Waals surface area contributed by atoms with Crippen molar-refractivity contribution in [1.29, 1.82) is 0 Å². The van der Waals surface area contributed by atoms with Crippen molar-refractivity contribution < 1.29 is 9.90 Å². The third kappa shape index (κ3) is 9.93. The monoisotopic (exact) mass is 230 g/mol. The number of hydrogen-bond donors (Lipinski definition) is 1. The van der Waals surface area contributed by atoms with Crippen molar-refractivity contribution in [3.05, 3.63) is 0 Å². The van der Waals surface area contributed by atoms with Crippen molar-refractivity contribution in [2.75, 3.05) is 40.3 Å². The van der Waals surface area contributed by atoms with Gasteiger partial charge in [0.25, 0.3) is 0 Å². The van der Waals surface area contributed by atoms with E-state index in [4.69, 9.17) is 5.11 Å². The van der Waals surface area contributed by atoms with E-state index >= 15 is 0 Å². The molecular formula is C12H26N2O2. The Balaban J connectivity index is 4.05. The van der Waals surface area contributed by atoms with Gasteiger partial charge >= 0.3 is 5.97 Å². The average molecular weight is 230 g/mol. The van der Waals surface area contributed by atoms with Crippen molar-refractivity contribution in [1.82, 2.24) is 9.80 Å². The van der Waals surface area contributed by atoms with Crippen LogP contribution in [0.4, 0.5) is 0 Å². The highest BCUT2D eigenvalue weighted by Gasteiger charge is 2.15. The number of aliphatic carboxylic acids is 1. The highest BCUT2D eigenvalue weighted by molar-refractivity contribution is 5.69. The molecule has 0 aliphatic carbocycles. The van der Waals surface area contributed by atoms with Crippen LogP contribution < -0.4 is 0 Å². The first-order chi connectivity index (χ1) is 7.20. The summed E-state index contributed by atoms with van der Waals surface area (Å²) in [5.74, 6) is -0.743. The van der Waals surface area contributed by atoms with Crippen LogP contribution in [0.15, 0.2) is 0 Å². The highest BCUT2D eigenvalue weighted by atomic mass is 16.4. The van der Waals surface area contributed by atoms with Gasteiger partial charge in [0.1, 0.15) is 0 Å². The number of likely N-dealkylation sites (N-methyl/N-ethyl adjacent to an activating group) is 1. The second-order valence-corrected chi connectivity index (χ2v) is 5.78. The van der Waals surface area contributed by atoms with E-state index in [0.717, 1.165) is 26.1 Å². The van der Waals surface area contributed by atoms with Crippen molar-refractivity contribution in [2.45, 2.75) is 27.2 Å². The fourth-order valence-corrected chi connectivity index (χ4v) is 1.30. The Labute approximate surface area is 99.2 Å². The second-order valence-electron chi connectivity index (χ2n) is 5.78. The molecule has 0 aromatic heterocycles. The van der Waals surface area contributed by atoms with Gasteiger partial charge in [-0.2, -0.15) is 0 Å². The van der Waals surface area contributed by atoms with Crippen molar-refractivity contribution in [2.24, 2.45) is 5.41 Å². The molecule has 0 aromatic rings. The lowest BCUT2D eigenvalue weighted by atomic mass is 9.92. The molecule has 0 unspecified atom stereocenters. The topological polar surface area (TPSA) is 43.8 Å². The van der Waals surface area contributed by atoms with E-state index in [1.807, 2.05) is 19.0 Å². The zero-order valence-electron chi connectivity index (χ0n) is 11.3. The zero-order chi connectivity index (χ0) is 12.8. The summed E-state index contributed by atoms with van der Waals surface area (Å²) in [5, 5.41) is 8.82. The van der Waals surface area contributed by atoms with E-state index in [9.17, 15) is 4.79 Å². The van der Waals surface area contributed by atoms with E-state index in [1.54, 1.807) is 0 Å². The Morgan fingerprint density at radius 1 is 1.12 bits per heavy atom. The summed E-state index contributed by atoms with van der Waals surface area (Å²) >= 11 is 0. The summed E-state index contributed by atoms with van der Waals surface area (Å²) < 4.78 is 0. The molecule has 1 N–H and O–H groups in total. The summed E-state index contributed by atoms with van der Waals surface area (Å²) in [4.78, 5) is 14.8. The number of rotatable bonds is 7. The van der Waals surface area contributed by atoms with Crippen LogP contribution in [0.25, 0.3) is 0 Å². The number of carbonyl (C=O) groups is 1. The molecule has 96 valence electrons. The number of nitrogens with zero attached hydrogens (tertiary/aromatic N) is 2. The highest BCUT2D eigenvalue weighted by Crippen LogP contribution is 2.18. The van der Waals surface area contributed by atoms with E-state index in [2.05, 4.69) is 25.7 Å². The molecule has 0 aliphatic heterocycles. The molecule has 0 bridgehead atoms. The molecule has 0 spiro atoms. The summed E-state index contributed by atoms with van der Waals surface area (Å²) in [7, 11) is 4.01. The van der Waals surface area contributed by atoms with Crippen LogP contribution in [0.2, 0.25) is 0 Å². The Bertz CT molecular complexity index is 210.